The zero-order chi connectivity index (χ0) is 15.1. The molecule has 0 bridgehead atoms. The van der Waals surface area contributed by atoms with Crippen LogP contribution in [0.25, 0.3) is 11.0 Å². The number of aryl methyl sites for hydroxylation is 1. The molecule has 0 amide bonds. The van der Waals surface area contributed by atoms with Crippen molar-refractivity contribution in [1.82, 2.24) is 0 Å². The van der Waals surface area contributed by atoms with E-state index < -0.39 is 29.1 Å². The van der Waals surface area contributed by atoms with Gasteiger partial charge in [0.05, 0.1) is 6.04 Å². The Morgan fingerprint density at radius 1 is 1.05 bits per heavy atom. The zero-order valence-corrected chi connectivity index (χ0v) is 11.2. The number of hydrogen-bond acceptors (Lipinski definition) is 2. The number of benzene rings is 2. The molecular weight excluding hydrogens is 279 g/mol. The summed E-state index contributed by atoms with van der Waals surface area (Å²) < 4.78 is 46.1. The number of furan rings is 1. The fourth-order valence-corrected chi connectivity index (χ4v) is 2.37. The van der Waals surface area contributed by atoms with E-state index in [0.29, 0.717) is 17.7 Å². The molecule has 3 aromatic rings. The summed E-state index contributed by atoms with van der Waals surface area (Å²) in [7, 11) is 0. The summed E-state index contributed by atoms with van der Waals surface area (Å²) in [5.41, 5.74) is 6.99. The molecule has 1 unspecified atom stereocenters. The number of halogens is 3. The monoisotopic (exact) mass is 291 g/mol. The van der Waals surface area contributed by atoms with Crippen LogP contribution in [0.1, 0.15) is 22.9 Å². The van der Waals surface area contributed by atoms with Crippen LogP contribution in [0.4, 0.5) is 13.2 Å². The smallest absolute Gasteiger partial charge is 0.137 e. The number of rotatable bonds is 2. The average molecular weight is 291 g/mol. The third-order valence-corrected chi connectivity index (χ3v) is 3.42. The third-order valence-electron chi connectivity index (χ3n) is 3.42. The fourth-order valence-electron chi connectivity index (χ4n) is 2.37. The average Bonchev–Trinajstić information content (AvgIpc) is 2.82. The molecule has 0 saturated carbocycles. The van der Waals surface area contributed by atoms with Crippen LogP contribution < -0.4 is 5.73 Å². The van der Waals surface area contributed by atoms with Crippen molar-refractivity contribution in [3.05, 3.63) is 70.7 Å². The minimum atomic E-state index is -1.14. The van der Waals surface area contributed by atoms with Crippen molar-refractivity contribution in [3.8, 4) is 0 Å². The lowest BCUT2D eigenvalue weighted by Gasteiger charge is -2.11. The minimum absolute atomic E-state index is 0.226. The second kappa shape index (κ2) is 4.93. The van der Waals surface area contributed by atoms with Gasteiger partial charge in [0.1, 0.15) is 28.8 Å². The molecule has 21 heavy (non-hydrogen) atoms. The predicted molar refractivity (Wildman–Crippen MR) is 73.3 cm³/mol. The molecule has 0 saturated heterocycles. The molecule has 0 aliphatic heterocycles. The zero-order valence-electron chi connectivity index (χ0n) is 11.2. The van der Waals surface area contributed by atoms with E-state index in [4.69, 9.17) is 10.2 Å². The Morgan fingerprint density at radius 3 is 2.33 bits per heavy atom. The van der Waals surface area contributed by atoms with Gasteiger partial charge in [-0.1, -0.05) is 18.2 Å². The minimum Gasteiger partial charge on any atom is -0.459 e. The van der Waals surface area contributed by atoms with E-state index in [-0.39, 0.29) is 5.76 Å². The van der Waals surface area contributed by atoms with E-state index in [1.807, 2.05) is 25.1 Å². The van der Waals surface area contributed by atoms with Gasteiger partial charge in [0.15, 0.2) is 0 Å². The van der Waals surface area contributed by atoms with Crippen molar-refractivity contribution in [2.24, 2.45) is 5.73 Å². The lowest BCUT2D eigenvalue weighted by Crippen LogP contribution is -2.15. The van der Waals surface area contributed by atoms with Crippen LogP contribution in [-0.2, 0) is 0 Å². The van der Waals surface area contributed by atoms with Crippen LogP contribution in [0.3, 0.4) is 0 Å². The Hall–Kier alpha value is -2.27. The van der Waals surface area contributed by atoms with Crippen molar-refractivity contribution in [2.75, 3.05) is 0 Å². The second-order valence-electron chi connectivity index (χ2n) is 4.90. The Labute approximate surface area is 119 Å². The Morgan fingerprint density at radius 2 is 1.71 bits per heavy atom. The first kappa shape index (κ1) is 13.7. The number of para-hydroxylation sites is 1. The van der Waals surface area contributed by atoms with Crippen molar-refractivity contribution < 1.29 is 17.6 Å². The van der Waals surface area contributed by atoms with E-state index in [1.165, 1.54) is 0 Å². The molecule has 108 valence electrons. The Balaban J connectivity index is 2.12. The first-order valence-electron chi connectivity index (χ1n) is 6.36. The molecule has 1 atom stereocenters. The molecule has 0 fully saturated rings. The SMILES string of the molecule is Cc1cccc2cc(C(N)c3c(F)cc(F)cc3F)oc12. The van der Waals surface area contributed by atoms with Gasteiger partial charge in [-0.25, -0.2) is 13.2 Å². The molecule has 1 heterocycles. The highest BCUT2D eigenvalue weighted by molar-refractivity contribution is 5.81. The summed E-state index contributed by atoms with van der Waals surface area (Å²) in [6.07, 6.45) is 0. The van der Waals surface area contributed by atoms with E-state index in [9.17, 15) is 13.2 Å². The quantitative estimate of drug-likeness (QED) is 0.768. The van der Waals surface area contributed by atoms with Crippen LogP contribution in [0.15, 0.2) is 40.8 Å². The maximum Gasteiger partial charge on any atom is 0.137 e. The molecule has 0 aliphatic carbocycles. The molecule has 0 spiro atoms. The summed E-state index contributed by atoms with van der Waals surface area (Å²) in [4.78, 5) is 0. The lowest BCUT2D eigenvalue weighted by atomic mass is 10.0. The van der Waals surface area contributed by atoms with Crippen molar-refractivity contribution >= 4 is 11.0 Å². The van der Waals surface area contributed by atoms with Crippen LogP contribution in [0.5, 0.6) is 0 Å². The van der Waals surface area contributed by atoms with Crippen molar-refractivity contribution in [1.29, 1.82) is 0 Å². The standard InChI is InChI=1S/C16H12F3NO/c1-8-3-2-4-9-5-13(21-16(8)9)15(20)14-11(18)6-10(17)7-12(14)19/h2-7,15H,20H2,1H3. The molecule has 3 rings (SSSR count). The highest BCUT2D eigenvalue weighted by atomic mass is 19.1. The van der Waals surface area contributed by atoms with Gasteiger partial charge in [0.25, 0.3) is 0 Å². The fraction of sp³-hybridized carbons (Fsp3) is 0.125. The lowest BCUT2D eigenvalue weighted by molar-refractivity contribution is 0.477. The van der Waals surface area contributed by atoms with Gasteiger partial charge in [-0.2, -0.15) is 0 Å². The van der Waals surface area contributed by atoms with Gasteiger partial charge in [-0.3, -0.25) is 0 Å². The van der Waals surface area contributed by atoms with Gasteiger partial charge in [-0.05, 0) is 18.6 Å². The number of nitrogens with two attached hydrogens (primary N) is 1. The topological polar surface area (TPSA) is 39.2 Å². The first-order chi connectivity index (χ1) is 9.97. The largest absolute Gasteiger partial charge is 0.459 e. The highest BCUT2D eigenvalue weighted by Gasteiger charge is 2.23. The summed E-state index contributed by atoms with van der Waals surface area (Å²) in [5, 5.41) is 0.795. The van der Waals surface area contributed by atoms with E-state index >= 15 is 0 Å². The number of hydrogen-bond donors (Lipinski definition) is 1. The van der Waals surface area contributed by atoms with Crippen LogP contribution in [0.2, 0.25) is 0 Å². The summed E-state index contributed by atoms with van der Waals surface area (Å²) in [6.45, 7) is 1.86. The number of fused-ring (bicyclic) bond motifs is 1. The Kier molecular flexibility index (Phi) is 3.22. The second-order valence-corrected chi connectivity index (χ2v) is 4.90. The molecule has 2 nitrogen and oxygen atoms in total. The summed E-state index contributed by atoms with van der Waals surface area (Å²) in [6, 6.07) is 7.23. The van der Waals surface area contributed by atoms with E-state index in [2.05, 4.69) is 0 Å². The van der Waals surface area contributed by atoms with Gasteiger partial charge in [-0.15, -0.1) is 0 Å². The maximum atomic E-state index is 13.8. The van der Waals surface area contributed by atoms with Gasteiger partial charge < -0.3 is 10.2 Å². The molecule has 0 radical (unpaired) electrons. The van der Waals surface area contributed by atoms with Gasteiger partial charge >= 0.3 is 0 Å². The van der Waals surface area contributed by atoms with Crippen LogP contribution >= 0.6 is 0 Å². The van der Waals surface area contributed by atoms with Gasteiger partial charge in [0.2, 0.25) is 0 Å². The molecule has 1 aromatic heterocycles. The molecule has 2 aromatic carbocycles. The normalized spacial score (nSPS) is 12.8. The van der Waals surface area contributed by atoms with Gasteiger partial charge in [0, 0.05) is 23.1 Å². The third kappa shape index (κ3) is 2.29. The van der Waals surface area contributed by atoms with Crippen molar-refractivity contribution in [2.45, 2.75) is 13.0 Å². The highest BCUT2D eigenvalue weighted by Crippen LogP contribution is 2.31. The molecule has 0 aliphatic rings. The predicted octanol–water partition coefficient (Wildman–Crippen LogP) is 4.21. The Bertz CT molecular complexity index is 802. The summed E-state index contributed by atoms with van der Waals surface area (Å²) >= 11 is 0. The molecule has 5 heteroatoms. The summed E-state index contributed by atoms with van der Waals surface area (Å²) in [5.74, 6) is -2.82. The van der Waals surface area contributed by atoms with Crippen LogP contribution in [-0.4, -0.2) is 0 Å². The maximum absolute atomic E-state index is 13.8. The van der Waals surface area contributed by atoms with E-state index in [0.717, 1.165) is 10.9 Å². The molecule has 2 N–H and O–H groups in total. The van der Waals surface area contributed by atoms with E-state index in [1.54, 1.807) is 6.07 Å². The molecular formula is C16H12F3NO. The first-order valence-corrected chi connectivity index (χ1v) is 6.36. The van der Waals surface area contributed by atoms with Crippen LogP contribution in [0, 0.1) is 24.4 Å². The van der Waals surface area contributed by atoms with Crippen molar-refractivity contribution in [3.63, 3.8) is 0 Å².